The first kappa shape index (κ1) is 15.2. The van der Waals surface area contributed by atoms with Gasteiger partial charge in [0.05, 0.1) is 31.1 Å². The summed E-state index contributed by atoms with van der Waals surface area (Å²) < 4.78 is 36.7. The molecule has 0 unspecified atom stereocenters. The molecule has 0 aliphatic rings. The fourth-order valence-corrected chi connectivity index (χ4v) is 6.37. The monoisotopic (exact) mass is 243 g/mol. The Kier molecular flexibility index (Phi) is 6.83. The normalized spacial score (nSPS) is 13.2. The van der Waals surface area contributed by atoms with Gasteiger partial charge in [0.15, 0.2) is 0 Å². The SMILES string of the molecule is CCC[P+](CC)(CCC)CCC(F)(F)F. The smallest absolute Gasteiger partial charge is 0.171 e. The summed E-state index contributed by atoms with van der Waals surface area (Å²) in [6.07, 6.45) is 0.968. The average molecular weight is 243 g/mol. The van der Waals surface area contributed by atoms with Crippen molar-refractivity contribution in [1.29, 1.82) is 0 Å². The molecule has 0 aliphatic heterocycles. The van der Waals surface area contributed by atoms with Crippen LogP contribution in [0.2, 0.25) is 0 Å². The fourth-order valence-electron chi connectivity index (χ4n) is 2.12. The van der Waals surface area contributed by atoms with Gasteiger partial charge >= 0.3 is 6.18 Å². The summed E-state index contributed by atoms with van der Waals surface area (Å²) in [7, 11) is -1.29. The molecule has 0 radical (unpaired) electrons. The van der Waals surface area contributed by atoms with E-state index in [0.717, 1.165) is 31.3 Å². The molecule has 0 N–H and O–H groups in total. The Hall–Kier alpha value is 0.220. The molecule has 15 heavy (non-hydrogen) atoms. The van der Waals surface area contributed by atoms with Crippen LogP contribution in [0, 0.1) is 0 Å². The van der Waals surface area contributed by atoms with E-state index in [2.05, 4.69) is 20.8 Å². The minimum absolute atomic E-state index is 0.411. The zero-order valence-corrected chi connectivity index (χ0v) is 10.9. The molecule has 0 atom stereocenters. The molecule has 0 amide bonds. The number of alkyl halides is 3. The molecule has 0 aromatic carbocycles. The van der Waals surface area contributed by atoms with Crippen molar-refractivity contribution < 1.29 is 13.2 Å². The van der Waals surface area contributed by atoms with Crippen molar-refractivity contribution >= 4 is 7.26 Å². The van der Waals surface area contributed by atoms with Gasteiger partial charge in [0.2, 0.25) is 0 Å². The Morgan fingerprint density at radius 1 is 0.867 bits per heavy atom. The summed E-state index contributed by atoms with van der Waals surface area (Å²) in [6, 6.07) is 0. The maximum atomic E-state index is 12.2. The van der Waals surface area contributed by atoms with Crippen LogP contribution >= 0.6 is 7.26 Å². The van der Waals surface area contributed by atoms with Gasteiger partial charge in [0, 0.05) is 7.26 Å². The first-order valence-corrected chi connectivity index (χ1v) is 8.34. The highest BCUT2D eigenvalue weighted by atomic mass is 31.2. The summed E-state index contributed by atoms with van der Waals surface area (Å²) >= 11 is 0. The van der Waals surface area contributed by atoms with Crippen LogP contribution in [0.3, 0.4) is 0 Å². The molecular formula is C11H23F3P+. The van der Waals surface area contributed by atoms with Crippen LogP contribution in [0.1, 0.15) is 40.0 Å². The first-order valence-electron chi connectivity index (χ1n) is 5.81. The molecule has 0 aliphatic carbocycles. The zero-order valence-electron chi connectivity index (χ0n) is 10.0. The van der Waals surface area contributed by atoms with Crippen LogP contribution in [0.15, 0.2) is 0 Å². The Labute approximate surface area is 92.0 Å². The van der Waals surface area contributed by atoms with Crippen LogP contribution in [0.25, 0.3) is 0 Å². The molecular weight excluding hydrogens is 220 g/mol. The average Bonchev–Trinajstić information content (AvgIpc) is 2.14. The molecule has 0 heterocycles. The lowest BCUT2D eigenvalue weighted by atomic mass is 10.5. The third kappa shape index (κ3) is 6.40. The van der Waals surface area contributed by atoms with E-state index in [1.165, 1.54) is 0 Å². The van der Waals surface area contributed by atoms with Crippen molar-refractivity contribution in [2.45, 2.75) is 46.2 Å². The standard InChI is InChI=1S/C11H23F3P/c1-4-8-15(6-3,9-5-2)10-7-11(12,13)14/h4-10H2,1-3H3/q+1. The number of hydrogen-bond donors (Lipinski definition) is 0. The number of rotatable bonds is 7. The highest BCUT2D eigenvalue weighted by Crippen LogP contribution is 2.60. The lowest BCUT2D eigenvalue weighted by molar-refractivity contribution is -0.129. The molecule has 0 rings (SSSR count). The Morgan fingerprint density at radius 3 is 1.60 bits per heavy atom. The quantitative estimate of drug-likeness (QED) is 0.563. The largest absolute Gasteiger partial charge is 0.392 e. The van der Waals surface area contributed by atoms with Crippen molar-refractivity contribution in [3.05, 3.63) is 0 Å². The molecule has 4 heteroatoms. The number of hydrogen-bond acceptors (Lipinski definition) is 0. The van der Waals surface area contributed by atoms with Gasteiger partial charge < -0.3 is 0 Å². The van der Waals surface area contributed by atoms with E-state index in [0.29, 0.717) is 6.16 Å². The van der Waals surface area contributed by atoms with E-state index < -0.39 is 19.9 Å². The Balaban J connectivity index is 4.33. The van der Waals surface area contributed by atoms with Gasteiger partial charge in [-0.05, 0) is 19.8 Å². The van der Waals surface area contributed by atoms with E-state index in [1.54, 1.807) is 0 Å². The van der Waals surface area contributed by atoms with Gasteiger partial charge in [-0.3, -0.25) is 0 Å². The predicted octanol–water partition coefficient (Wildman–Crippen LogP) is 4.80. The van der Waals surface area contributed by atoms with Gasteiger partial charge in [-0.15, -0.1) is 0 Å². The predicted molar refractivity (Wildman–Crippen MR) is 63.3 cm³/mol. The molecule has 0 aromatic heterocycles. The van der Waals surface area contributed by atoms with Crippen LogP contribution < -0.4 is 0 Å². The summed E-state index contributed by atoms with van der Waals surface area (Å²) in [6.45, 7) is 6.22. The first-order chi connectivity index (χ1) is 6.89. The van der Waals surface area contributed by atoms with Gasteiger partial charge in [-0.25, -0.2) is 0 Å². The minimum atomic E-state index is -3.97. The van der Waals surface area contributed by atoms with E-state index in [9.17, 15) is 13.2 Å². The van der Waals surface area contributed by atoms with Gasteiger partial charge in [0.1, 0.15) is 0 Å². The van der Waals surface area contributed by atoms with Crippen molar-refractivity contribution in [2.24, 2.45) is 0 Å². The fraction of sp³-hybridized carbons (Fsp3) is 1.00. The van der Waals surface area contributed by atoms with Crippen LogP contribution in [0.4, 0.5) is 13.2 Å². The van der Waals surface area contributed by atoms with E-state index in [1.807, 2.05) is 0 Å². The molecule has 0 spiro atoms. The third-order valence-corrected chi connectivity index (χ3v) is 8.24. The highest BCUT2D eigenvalue weighted by molar-refractivity contribution is 7.75. The summed E-state index contributed by atoms with van der Waals surface area (Å²) in [5.41, 5.74) is 0. The van der Waals surface area contributed by atoms with Crippen molar-refractivity contribution in [1.82, 2.24) is 0 Å². The topological polar surface area (TPSA) is 0 Å². The van der Waals surface area contributed by atoms with E-state index >= 15 is 0 Å². The molecule has 0 saturated heterocycles. The maximum Gasteiger partial charge on any atom is 0.392 e. The maximum absolute atomic E-state index is 12.2. The molecule has 92 valence electrons. The van der Waals surface area contributed by atoms with Gasteiger partial charge in [-0.2, -0.15) is 13.2 Å². The Bertz CT molecular complexity index is 160. The summed E-state index contributed by atoms with van der Waals surface area (Å²) in [4.78, 5) is 0. The van der Waals surface area contributed by atoms with E-state index in [-0.39, 0.29) is 0 Å². The molecule has 0 aromatic rings. The van der Waals surface area contributed by atoms with Crippen LogP contribution in [0.5, 0.6) is 0 Å². The minimum Gasteiger partial charge on any atom is -0.171 e. The Morgan fingerprint density at radius 2 is 1.33 bits per heavy atom. The highest BCUT2D eigenvalue weighted by Gasteiger charge is 2.38. The molecule has 0 nitrogen and oxygen atoms in total. The molecule has 0 saturated carbocycles. The second-order valence-corrected chi connectivity index (χ2v) is 8.85. The van der Waals surface area contributed by atoms with E-state index in [4.69, 9.17) is 0 Å². The molecule has 0 fully saturated rings. The molecule has 0 bridgehead atoms. The number of halogens is 3. The second kappa shape index (κ2) is 6.73. The van der Waals surface area contributed by atoms with Gasteiger partial charge in [0.25, 0.3) is 0 Å². The second-order valence-electron chi connectivity index (χ2n) is 4.19. The lowest BCUT2D eigenvalue weighted by Gasteiger charge is -2.26. The lowest BCUT2D eigenvalue weighted by Crippen LogP contribution is -2.17. The van der Waals surface area contributed by atoms with Crippen molar-refractivity contribution in [3.63, 3.8) is 0 Å². The van der Waals surface area contributed by atoms with Crippen LogP contribution in [-0.4, -0.2) is 30.8 Å². The van der Waals surface area contributed by atoms with Gasteiger partial charge in [-0.1, -0.05) is 13.8 Å². The van der Waals surface area contributed by atoms with Crippen LogP contribution in [-0.2, 0) is 0 Å². The third-order valence-electron chi connectivity index (χ3n) is 2.94. The summed E-state index contributed by atoms with van der Waals surface area (Å²) in [5.74, 6) is 0. The van der Waals surface area contributed by atoms with Crippen molar-refractivity contribution in [3.8, 4) is 0 Å². The van der Waals surface area contributed by atoms with Crippen molar-refractivity contribution in [2.75, 3.05) is 24.6 Å². The summed E-state index contributed by atoms with van der Waals surface area (Å²) in [5, 5.41) is 0. The zero-order chi connectivity index (χ0) is 11.9.